The second-order valence-electron chi connectivity index (χ2n) is 3.63. The molecule has 1 nitrogen and oxygen atoms in total. The van der Waals surface area contributed by atoms with Crippen molar-refractivity contribution in [1.82, 2.24) is 4.98 Å². The minimum Gasteiger partial charge on any atom is -0.355 e. The van der Waals surface area contributed by atoms with Crippen LogP contribution in [-0.2, 0) is 0 Å². The zero-order valence-electron chi connectivity index (χ0n) is 7.68. The van der Waals surface area contributed by atoms with E-state index < -0.39 is 0 Å². The molecule has 0 radical (unpaired) electrons. The summed E-state index contributed by atoms with van der Waals surface area (Å²) < 4.78 is 13.0. The molecular weight excluding hydrogens is 177 g/mol. The van der Waals surface area contributed by atoms with E-state index in [-0.39, 0.29) is 5.82 Å². The largest absolute Gasteiger partial charge is 0.355 e. The van der Waals surface area contributed by atoms with Crippen LogP contribution in [0.5, 0.6) is 0 Å². The summed E-state index contributed by atoms with van der Waals surface area (Å²) in [4.78, 5) is 3.29. The number of hydrogen-bond acceptors (Lipinski definition) is 0. The lowest BCUT2D eigenvalue weighted by Gasteiger charge is -1.93. The summed E-state index contributed by atoms with van der Waals surface area (Å²) in [5.74, 6) is -0.168. The molecule has 0 saturated heterocycles. The van der Waals surface area contributed by atoms with E-state index in [2.05, 4.69) is 17.1 Å². The molecule has 0 unspecified atom stereocenters. The number of halogens is 1. The molecule has 2 heteroatoms. The van der Waals surface area contributed by atoms with Gasteiger partial charge in [-0.15, -0.1) is 0 Å². The molecule has 1 aromatic carbocycles. The van der Waals surface area contributed by atoms with Crippen LogP contribution in [0, 0.1) is 5.82 Å². The number of nitrogens with one attached hydrogen (secondary N) is 1. The molecule has 1 aliphatic carbocycles. The Hall–Kier alpha value is -1.57. The molecular formula is C12H10FN. The molecule has 0 aliphatic heterocycles. The molecule has 1 heterocycles. The standard InChI is InChI=1S/C12H10FN/c13-8-5-6-12-10(7-8)9-3-1-2-4-11(9)14-12/h3-7,14H,1-2H2. The molecule has 0 amide bonds. The van der Waals surface area contributed by atoms with Gasteiger partial charge in [0.05, 0.1) is 0 Å². The fraction of sp³-hybridized carbons (Fsp3) is 0.167. The molecule has 14 heavy (non-hydrogen) atoms. The zero-order chi connectivity index (χ0) is 9.54. The summed E-state index contributed by atoms with van der Waals surface area (Å²) in [6, 6.07) is 4.88. The van der Waals surface area contributed by atoms with Gasteiger partial charge >= 0.3 is 0 Å². The van der Waals surface area contributed by atoms with Gasteiger partial charge in [-0.1, -0.05) is 12.2 Å². The second-order valence-corrected chi connectivity index (χ2v) is 3.63. The van der Waals surface area contributed by atoms with E-state index in [1.165, 1.54) is 6.07 Å². The normalized spacial score (nSPS) is 14.6. The average molecular weight is 187 g/mol. The van der Waals surface area contributed by atoms with Crippen LogP contribution in [0.4, 0.5) is 4.39 Å². The predicted octanol–water partition coefficient (Wildman–Crippen LogP) is 1.66. The van der Waals surface area contributed by atoms with E-state index in [1.54, 1.807) is 12.1 Å². The zero-order valence-corrected chi connectivity index (χ0v) is 7.68. The summed E-state index contributed by atoms with van der Waals surface area (Å²) in [7, 11) is 0. The Kier molecular flexibility index (Phi) is 1.51. The van der Waals surface area contributed by atoms with Crippen LogP contribution >= 0.6 is 0 Å². The molecule has 1 aliphatic rings. The summed E-state index contributed by atoms with van der Waals surface area (Å²) >= 11 is 0. The van der Waals surface area contributed by atoms with E-state index in [9.17, 15) is 4.39 Å². The third-order valence-electron chi connectivity index (χ3n) is 2.69. The molecule has 0 spiro atoms. The molecule has 3 rings (SSSR count). The quantitative estimate of drug-likeness (QED) is 0.645. The molecule has 0 fully saturated rings. The van der Waals surface area contributed by atoms with Gasteiger partial charge in [0.2, 0.25) is 0 Å². The van der Waals surface area contributed by atoms with Crippen molar-refractivity contribution in [2.75, 3.05) is 0 Å². The molecule has 0 bridgehead atoms. The predicted molar refractivity (Wildman–Crippen MR) is 55.7 cm³/mol. The Bertz CT molecular complexity index is 607. The van der Waals surface area contributed by atoms with Gasteiger partial charge in [0.1, 0.15) is 5.82 Å². The molecule has 0 saturated carbocycles. The maximum atomic E-state index is 13.0. The van der Waals surface area contributed by atoms with Crippen molar-refractivity contribution in [2.24, 2.45) is 0 Å². The van der Waals surface area contributed by atoms with Crippen molar-refractivity contribution in [3.05, 3.63) is 34.6 Å². The highest BCUT2D eigenvalue weighted by atomic mass is 19.1. The molecule has 2 aromatic rings. The van der Waals surface area contributed by atoms with Crippen molar-refractivity contribution in [2.45, 2.75) is 12.8 Å². The first-order valence-corrected chi connectivity index (χ1v) is 4.82. The van der Waals surface area contributed by atoms with Crippen LogP contribution in [0.1, 0.15) is 12.8 Å². The van der Waals surface area contributed by atoms with Crippen molar-refractivity contribution < 1.29 is 4.39 Å². The lowest BCUT2D eigenvalue weighted by molar-refractivity contribution is 0.629. The van der Waals surface area contributed by atoms with Gasteiger partial charge in [0, 0.05) is 21.5 Å². The van der Waals surface area contributed by atoms with Crippen molar-refractivity contribution >= 4 is 23.1 Å². The fourth-order valence-electron chi connectivity index (χ4n) is 2.04. The first kappa shape index (κ1) is 7.80. The van der Waals surface area contributed by atoms with Crippen LogP contribution in [0.15, 0.2) is 18.2 Å². The van der Waals surface area contributed by atoms with Gasteiger partial charge < -0.3 is 4.98 Å². The number of rotatable bonds is 0. The second kappa shape index (κ2) is 2.71. The molecule has 1 N–H and O–H groups in total. The lowest BCUT2D eigenvalue weighted by atomic mass is 10.1. The van der Waals surface area contributed by atoms with Crippen molar-refractivity contribution in [3.8, 4) is 0 Å². The summed E-state index contributed by atoms with van der Waals surface area (Å²) in [5.41, 5.74) is 1.02. The number of H-pyrrole nitrogens is 1. The smallest absolute Gasteiger partial charge is 0.123 e. The summed E-state index contributed by atoms with van der Waals surface area (Å²) in [6.07, 6.45) is 6.47. The van der Waals surface area contributed by atoms with Gasteiger partial charge in [0.25, 0.3) is 0 Å². The van der Waals surface area contributed by atoms with Crippen LogP contribution in [0.3, 0.4) is 0 Å². The topological polar surface area (TPSA) is 15.8 Å². The highest BCUT2D eigenvalue weighted by Gasteiger charge is 2.03. The summed E-state index contributed by atoms with van der Waals surface area (Å²) in [5, 5.41) is 3.29. The van der Waals surface area contributed by atoms with Gasteiger partial charge in [-0.2, -0.15) is 0 Å². The SMILES string of the molecule is Fc1ccc2[nH]c3c(c2c1)=CCCC=3. The Labute approximate surface area is 80.6 Å². The maximum Gasteiger partial charge on any atom is 0.123 e. The Morgan fingerprint density at radius 1 is 1.14 bits per heavy atom. The number of benzene rings is 1. The van der Waals surface area contributed by atoms with Gasteiger partial charge in [0.15, 0.2) is 0 Å². The Morgan fingerprint density at radius 3 is 2.93 bits per heavy atom. The number of fused-ring (bicyclic) bond motifs is 3. The fourth-order valence-corrected chi connectivity index (χ4v) is 2.04. The number of aromatic nitrogens is 1. The van der Waals surface area contributed by atoms with Crippen LogP contribution in [0.2, 0.25) is 0 Å². The van der Waals surface area contributed by atoms with Crippen LogP contribution in [-0.4, -0.2) is 4.98 Å². The molecule has 1 aromatic heterocycles. The van der Waals surface area contributed by atoms with Gasteiger partial charge in [-0.25, -0.2) is 4.39 Å². The lowest BCUT2D eigenvalue weighted by Crippen LogP contribution is -2.24. The van der Waals surface area contributed by atoms with Crippen LogP contribution in [0.25, 0.3) is 23.1 Å². The first-order chi connectivity index (χ1) is 6.84. The van der Waals surface area contributed by atoms with Crippen molar-refractivity contribution in [1.29, 1.82) is 0 Å². The van der Waals surface area contributed by atoms with E-state index in [0.717, 1.165) is 34.3 Å². The van der Waals surface area contributed by atoms with E-state index in [1.807, 2.05) is 0 Å². The molecule has 0 atom stereocenters. The van der Waals surface area contributed by atoms with Gasteiger partial charge in [-0.3, -0.25) is 0 Å². The average Bonchev–Trinajstić information content (AvgIpc) is 2.56. The first-order valence-electron chi connectivity index (χ1n) is 4.82. The third kappa shape index (κ3) is 1.00. The maximum absolute atomic E-state index is 13.0. The van der Waals surface area contributed by atoms with Crippen molar-refractivity contribution in [3.63, 3.8) is 0 Å². The Balaban J connectivity index is 2.57. The molecule has 70 valence electrons. The number of aromatic amines is 1. The van der Waals surface area contributed by atoms with E-state index in [4.69, 9.17) is 0 Å². The van der Waals surface area contributed by atoms with E-state index in [0.29, 0.717) is 0 Å². The number of hydrogen-bond donors (Lipinski definition) is 1. The highest BCUT2D eigenvalue weighted by Crippen LogP contribution is 2.09. The minimum atomic E-state index is -0.168. The summed E-state index contributed by atoms with van der Waals surface area (Å²) in [6.45, 7) is 0. The highest BCUT2D eigenvalue weighted by molar-refractivity contribution is 5.81. The van der Waals surface area contributed by atoms with E-state index >= 15 is 0 Å². The minimum absolute atomic E-state index is 0.168. The third-order valence-corrected chi connectivity index (χ3v) is 2.69. The monoisotopic (exact) mass is 187 g/mol. The van der Waals surface area contributed by atoms with Crippen LogP contribution < -0.4 is 10.6 Å². The van der Waals surface area contributed by atoms with Gasteiger partial charge in [-0.05, 0) is 31.0 Å². The Morgan fingerprint density at radius 2 is 2.00 bits per heavy atom.